The summed E-state index contributed by atoms with van der Waals surface area (Å²) >= 11 is 2.31. The molecule has 11 heteroatoms. The summed E-state index contributed by atoms with van der Waals surface area (Å²) in [7, 11) is 1.43. The zero-order valence-corrected chi connectivity index (χ0v) is 22.3. The number of anilines is 1. The Kier molecular flexibility index (Phi) is 8.55. The van der Waals surface area contributed by atoms with Gasteiger partial charge in [0.2, 0.25) is 0 Å². The molecule has 0 radical (unpaired) electrons. The molecule has 34 heavy (non-hydrogen) atoms. The quantitative estimate of drug-likeness (QED) is 0.107. The van der Waals surface area contributed by atoms with Crippen LogP contribution in [0.15, 0.2) is 36.9 Å². The maximum Gasteiger partial charge on any atom is 0.305 e. The van der Waals surface area contributed by atoms with E-state index in [1.807, 2.05) is 22.5 Å². The Bertz CT molecular complexity index is 1280. The molecule has 3 heterocycles. The molecule has 9 nitrogen and oxygen atoms in total. The number of hydrogen-bond acceptors (Lipinski definition) is 8. The Morgan fingerprint density at radius 2 is 2.03 bits per heavy atom. The third-order valence-electron chi connectivity index (χ3n) is 5.68. The third kappa shape index (κ3) is 5.60. The van der Waals surface area contributed by atoms with Crippen LogP contribution in [0.4, 0.5) is 5.82 Å². The number of imidazole rings is 1. The first-order valence-electron chi connectivity index (χ1n) is 11.3. The normalized spacial score (nSPS) is 12.6. The number of para-hydroxylation sites is 1. The maximum absolute atomic E-state index is 11.4. The Morgan fingerprint density at radius 3 is 2.82 bits per heavy atom. The Balaban J connectivity index is 1.57. The van der Waals surface area contributed by atoms with Crippen molar-refractivity contribution in [2.24, 2.45) is 0 Å². The molecule has 0 saturated carbocycles. The molecule has 178 valence electrons. The van der Waals surface area contributed by atoms with Crippen LogP contribution in [0.25, 0.3) is 22.1 Å². The standard InChI is InChI=1S/C23H27IN7O2P/c1-3-16(28-22-20-23(26-13-25-22)31(34-24)14-27-20)21-29-17(10-5-4-6-12-19(32)33-2)15-9-7-8-11-18(15)30-21/h7-9,11,13-14,16,34H,3-6,10,12H2,1-2H3,(H,25,26,28)/t16-/m0/s1. The predicted molar refractivity (Wildman–Crippen MR) is 143 cm³/mol. The molecule has 0 aliphatic heterocycles. The number of methoxy groups -OCH3 is 1. The van der Waals surface area contributed by atoms with E-state index in [4.69, 9.17) is 14.7 Å². The monoisotopic (exact) mass is 591 g/mol. The summed E-state index contributed by atoms with van der Waals surface area (Å²) in [6.45, 7) is 2.10. The molecular weight excluding hydrogens is 564 g/mol. The van der Waals surface area contributed by atoms with E-state index < -0.39 is 0 Å². The van der Waals surface area contributed by atoms with E-state index in [9.17, 15) is 4.79 Å². The van der Waals surface area contributed by atoms with Gasteiger partial charge < -0.3 is 10.1 Å². The zero-order chi connectivity index (χ0) is 23.9. The van der Waals surface area contributed by atoms with E-state index >= 15 is 0 Å². The second kappa shape index (κ2) is 11.8. The summed E-state index contributed by atoms with van der Waals surface area (Å²) in [5, 5.41) is 4.58. The molecule has 2 atom stereocenters. The Hall–Kier alpha value is -2.46. The van der Waals surface area contributed by atoms with Crippen LogP contribution in [0.5, 0.6) is 0 Å². The number of nitrogens with one attached hydrogen (secondary N) is 1. The molecule has 0 aliphatic rings. The predicted octanol–water partition coefficient (Wildman–Crippen LogP) is 5.40. The highest BCUT2D eigenvalue weighted by atomic mass is 127. The number of benzene rings is 1. The van der Waals surface area contributed by atoms with Gasteiger partial charge >= 0.3 is 5.97 Å². The summed E-state index contributed by atoms with van der Waals surface area (Å²) in [6.07, 6.45) is 8.64. The van der Waals surface area contributed by atoms with E-state index in [1.54, 1.807) is 12.7 Å². The van der Waals surface area contributed by atoms with Crippen molar-refractivity contribution >= 4 is 62.3 Å². The second-order valence-electron chi connectivity index (χ2n) is 7.88. The maximum atomic E-state index is 11.4. The highest BCUT2D eigenvalue weighted by Crippen LogP contribution is 2.31. The lowest BCUT2D eigenvalue weighted by atomic mass is 10.1. The van der Waals surface area contributed by atoms with Crippen LogP contribution in [-0.4, -0.2) is 42.3 Å². The fourth-order valence-electron chi connectivity index (χ4n) is 3.87. The molecule has 0 spiro atoms. The number of halogens is 1. The van der Waals surface area contributed by atoms with Gasteiger partial charge in [0.15, 0.2) is 22.8 Å². The number of esters is 1. The molecule has 4 rings (SSSR count). The van der Waals surface area contributed by atoms with Gasteiger partial charge in [-0.1, -0.05) is 31.5 Å². The molecule has 0 saturated heterocycles. The largest absolute Gasteiger partial charge is 0.469 e. The van der Waals surface area contributed by atoms with Crippen LogP contribution in [0.1, 0.15) is 56.6 Å². The minimum atomic E-state index is -0.158. The topological polar surface area (TPSA) is 108 Å². The van der Waals surface area contributed by atoms with Crippen molar-refractivity contribution in [3.63, 3.8) is 0 Å². The first kappa shape index (κ1) is 24.7. The highest BCUT2D eigenvalue weighted by molar-refractivity contribution is 14.2. The van der Waals surface area contributed by atoms with Crippen molar-refractivity contribution in [2.75, 3.05) is 12.4 Å². The van der Waals surface area contributed by atoms with Crippen LogP contribution in [0, 0.1) is 0 Å². The van der Waals surface area contributed by atoms with E-state index in [0.29, 0.717) is 18.6 Å². The Morgan fingerprint density at radius 1 is 1.18 bits per heavy atom. The van der Waals surface area contributed by atoms with Crippen LogP contribution in [-0.2, 0) is 16.0 Å². The lowest BCUT2D eigenvalue weighted by Crippen LogP contribution is -2.16. The van der Waals surface area contributed by atoms with E-state index in [2.05, 4.69) is 55.3 Å². The molecule has 0 fully saturated rings. The second-order valence-corrected chi connectivity index (χ2v) is 9.98. The number of ether oxygens (including phenoxy) is 1. The van der Waals surface area contributed by atoms with E-state index in [1.165, 1.54) is 7.11 Å². The average Bonchev–Trinajstić information content (AvgIpc) is 3.30. The number of rotatable bonds is 11. The number of nitrogens with zero attached hydrogens (tertiary/aromatic N) is 6. The molecular formula is C23H27IN7O2P. The summed E-state index contributed by atoms with van der Waals surface area (Å²) in [6, 6.07) is 8.00. The van der Waals surface area contributed by atoms with Crippen LogP contribution >= 0.6 is 28.4 Å². The minimum absolute atomic E-state index is 0.118. The number of aromatic nitrogens is 6. The SMILES string of the molecule is CC[C@H](Nc1ncnc2c1ncn2PI)c1nc(CCCCCC(=O)OC)c2ccccc2n1. The fraction of sp³-hybridized carbons (Fsp3) is 0.391. The molecule has 3 aromatic heterocycles. The lowest BCUT2D eigenvalue weighted by Gasteiger charge is -2.18. The number of carbonyl (C=O) groups is 1. The minimum Gasteiger partial charge on any atom is -0.469 e. The van der Waals surface area contributed by atoms with Crippen molar-refractivity contribution in [2.45, 2.75) is 51.5 Å². The smallest absolute Gasteiger partial charge is 0.305 e. The summed E-state index contributed by atoms with van der Waals surface area (Å²) in [5.41, 5.74) is 3.52. The summed E-state index contributed by atoms with van der Waals surface area (Å²) < 4.78 is 6.74. The van der Waals surface area contributed by atoms with Crippen molar-refractivity contribution < 1.29 is 9.53 Å². The van der Waals surface area contributed by atoms with Crippen molar-refractivity contribution in [3.8, 4) is 0 Å². The lowest BCUT2D eigenvalue weighted by molar-refractivity contribution is -0.140. The zero-order valence-electron chi connectivity index (χ0n) is 19.2. The van der Waals surface area contributed by atoms with E-state index in [0.717, 1.165) is 65.7 Å². The van der Waals surface area contributed by atoms with Gasteiger partial charge in [0, 0.05) is 11.8 Å². The van der Waals surface area contributed by atoms with Gasteiger partial charge in [0.1, 0.15) is 12.7 Å². The molecule has 4 aromatic rings. The van der Waals surface area contributed by atoms with Crippen molar-refractivity contribution in [1.82, 2.24) is 29.3 Å². The number of hydrogen-bond donors (Lipinski definition) is 1. The number of unbranched alkanes of at least 4 members (excludes halogenated alkanes) is 2. The Labute approximate surface area is 212 Å². The summed E-state index contributed by atoms with van der Waals surface area (Å²) in [4.78, 5) is 34.6. The van der Waals surface area contributed by atoms with Crippen LogP contribution in [0.2, 0.25) is 0 Å². The molecule has 1 unspecified atom stereocenters. The number of aryl methyl sites for hydroxylation is 1. The molecule has 1 N–H and O–H groups in total. The van der Waals surface area contributed by atoms with Gasteiger partial charge in [0.05, 0.1) is 30.7 Å². The van der Waals surface area contributed by atoms with Gasteiger partial charge in [-0.05, 0) is 53.8 Å². The van der Waals surface area contributed by atoms with Gasteiger partial charge in [-0.3, -0.25) is 9.13 Å². The third-order valence-corrected chi connectivity index (χ3v) is 7.75. The first-order valence-corrected chi connectivity index (χ1v) is 15.3. The highest BCUT2D eigenvalue weighted by Gasteiger charge is 2.19. The van der Waals surface area contributed by atoms with Crippen molar-refractivity contribution in [1.29, 1.82) is 0 Å². The van der Waals surface area contributed by atoms with Crippen molar-refractivity contribution in [3.05, 3.63) is 48.4 Å². The molecule has 0 aliphatic carbocycles. The van der Waals surface area contributed by atoms with Crippen LogP contribution < -0.4 is 5.32 Å². The summed E-state index contributed by atoms with van der Waals surface area (Å²) in [5.74, 6) is 1.27. The van der Waals surface area contributed by atoms with Crippen LogP contribution in [0.3, 0.4) is 0 Å². The van der Waals surface area contributed by atoms with Gasteiger partial charge in [-0.15, -0.1) is 0 Å². The fourth-order valence-corrected chi connectivity index (χ4v) is 5.27. The molecule has 0 amide bonds. The molecule has 0 bridgehead atoms. The van der Waals surface area contributed by atoms with Gasteiger partial charge in [-0.25, -0.2) is 24.9 Å². The van der Waals surface area contributed by atoms with Gasteiger partial charge in [0.25, 0.3) is 0 Å². The molecule has 1 aromatic carbocycles. The number of fused-ring (bicyclic) bond motifs is 2. The average molecular weight is 591 g/mol. The van der Waals surface area contributed by atoms with E-state index in [-0.39, 0.29) is 12.0 Å². The number of carbonyl (C=O) groups excluding carboxylic acids is 1. The first-order chi connectivity index (χ1) is 16.6. The van der Waals surface area contributed by atoms with Gasteiger partial charge in [-0.2, -0.15) is 0 Å².